The maximum Gasteiger partial charge on any atom is 0.0595 e. The second-order valence-electron chi connectivity index (χ2n) is 5.01. The topological polar surface area (TPSA) is 0 Å². The highest BCUT2D eigenvalue weighted by molar-refractivity contribution is 6.42. The van der Waals surface area contributed by atoms with Crippen molar-refractivity contribution < 1.29 is 0 Å². The van der Waals surface area contributed by atoms with Crippen molar-refractivity contribution in [2.75, 3.05) is 0 Å². The molecule has 0 unspecified atom stereocenters. The fraction of sp³-hybridized carbons (Fsp3) is 0.538. The average Bonchev–Trinajstić information content (AvgIpc) is 2.89. The number of rotatable bonds is 3. The Morgan fingerprint density at radius 1 is 1.20 bits per heavy atom. The van der Waals surface area contributed by atoms with Crippen molar-refractivity contribution in [3.8, 4) is 0 Å². The van der Waals surface area contributed by atoms with Gasteiger partial charge in [0, 0.05) is 0 Å². The van der Waals surface area contributed by atoms with E-state index in [0.717, 1.165) is 5.92 Å². The summed E-state index contributed by atoms with van der Waals surface area (Å²) in [6.07, 6.45) is 3.84. The van der Waals surface area contributed by atoms with Gasteiger partial charge in [0.05, 0.1) is 10.0 Å². The van der Waals surface area contributed by atoms with Gasteiger partial charge in [0.2, 0.25) is 0 Å². The molecule has 0 saturated heterocycles. The summed E-state index contributed by atoms with van der Waals surface area (Å²) in [5.41, 5.74) is 1.77. The summed E-state index contributed by atoms with van der Waals surface area (Å²) in [7, 11) is 0. The minimum atomic E-state index is 0.405. The molecule has 2 rings (SSSR count). The van der Waals surface area contributed by atoms with E-state index in [-0.39, 0.29) is 0 Å². The van der Waals surface area contributed by atoms with Crippen molar-refractivity contribution in [1.29, 1.82) is 0 Å². The molecular formula is C13H16Cl2. The van der Waals surface area contributed by atoms with Gasteiger partial charge in [-0.1, -0.05) is 43.1 Å². The van der Waals surface area contributed by atoms with Gasteiger partial charge in [-0.25, -0.2) is 0 Å². The van der Waals surface area contributed by atoms with Crippen LogP contribution in [0.3, 0.4) is 0 Å². The maximum absolute atomic E-state index is 6.05. The summed E-state index contributed by atoms with van der Waals surface area (Å²) in [5.74, 6) is 0.738. The molecule has 0 N–H and O–H groups in total. The van der Waals surface area contributed by atoms with Crippen LogP contribution in [0.2, 0.25) is 10.0 Å². The van der Waals surface area contributed by atoms with E-state index < -0.39 is 0 Å². The van der Waals surface area contributed by atoms with Crippen LogP contribution in [0.25, 0.3) is 0 Å². The summed E-state index contributed by atoms with van der Waals surface area (Å²) < 4.78 is 0. The predicted molar refractivity (Wildman–Crippen MR) is 66.8 cm³/mol. The van der Waals surface area contributed by atoms with Crippen LogP contribution >= 0.6 is 23.2 Å². The Bertz CT molecular complexity index is 365. The minimum Gasteiger partial charge on any atom is -0.0827 e. The quantitative estimate of drug-likeness (QED) is 0.695. The van der Waals surface area contributed by atoms with Crippen LogP contribution in [0.4, 0.5) is 0 Å². The molecule has 0 atom stereocenters. The highest BCUT2D eigenvalue weighted by atomic mass is 35.5. The lowest BCUT2D eigenvalue weighted by Gasteiger charge is -2.18. The number of hydrogen-bond acceptors (Lipinski definition) is 0. The van der Waals surface area contributed by atoms with Crippen molar-refractivity contribution >= 4 is 23.2 Å². The zero-order chi connectivity index (χ0) is 11.1. The van der Waals surface area contributed by atoms with Crippen molar-refractivity contribution in [2.24, 2.45) is 5.92 Å². The third-order valence-corrected chi connectivity index (χ3v) is 3.92. The molecular weight excluding hydrogens is 227 g/mol. The molecule has 0 spiro atoms. The average molecular weight is 243 g/mol. The molecule has 2 heteroatoms. The Morgan fingerprint density at radius 2 is 1.87 bits per heavy atom. The number of halogens is 2. The van der Waals surface area contributed by atoms with Crippen LogP contribution in [-0.4, -0.2) is 0 Å². The van der Waals surface area contributed by atoms with E-state index in [1.165, 1.54) is 24.8 Å². The van der Waals surface area contributed by atoms with Gasteiger partial charge in [-0.15, -0.1) is 0 Å². The SMILES string of the molecule is CC(C)CC1(c2ccc(Cl)c(Cl)c2)CC1. The number of benzene rings is 1. The molecule has 0 aromatic heterocycles. The molecule has 0 nitrogen and oxygen atoms in total. The Morgan fingerprint density at radius 3 is 2.33 bits per heavy atom. The maximum atomic E-state index is 6.05. The van der Waals surface area contributed by atoms with Crippen LogP contribution in [0.15, 0.2) is 18.2 Å². The Labute approximate surface area is 102 Å². The summed E-state index contributed by atoms with van der Waals surface area (Å²) in [5, 5.41) is 1.34. The molecule has 1 aliphatic rings. The molecule has 15 heavy (non-hydrogen) atoms. The van der Waals surface area contributed by atoms with Gasteiger partial charge in [0.25, 0.3) is 0 Å². The van der Waals surface area contributed by atoms with E-state index in [2.05, 4.69) is 19.9 Å². The van der Waals surface area contributed by atoms with E-state index >= 15 is 0 Å². The first-order valence-electron chi connectivity index (χ1n) is 5.49. The van der Waals surface area contributed by atoms with Crippen LogP contribution in [0, 0.1) is 5.92 Å². The normalized spacial score (nSPS) is 18.2. The van der Waals surface area contributed by atoms with E-state index in [9.17, 15) is 0 Å². The largest absolute Gasteiger partial charge is 0.0827 e. The fourth-order valence-electron chi connectivity index (χ4n) is 2.37. The molecule has 0 amide bonds. The highest BCUT2D eigenvalue weighted by Gasteiger charge is 2.44. The molecule has 1 aromatic rings. The highest BCUT2D eigenvalue weighted by Crippen LogP contribution is 2.53. The summed E-state index contributed by atoms with van der Waals surface area (Å²) in [6, 6.07) is 6.09. The minimum absolute atomic E-state index is 0.405. The fourth-order valence-corrected chi connectivity index (χ4v) is 2.67. The molecule has 1 aromatic carbocycles. The van der Waals surface area contributed by atoms with E-state index in [1.807, 2.05) is 12.1 Å². The van der Waals surface area contributed by atoms with Gasteiger partial charge in [0.15, 0.2) is 0 Å². The van der Waals surface area contributed by atoms with Gasteiger partial charge in [-0.2, -0.15) is 0 Å². The Balaban J connectivity index is 2.26. The standard InChI is InChI=1S/C13H16Cl2/c1-9(2)8-13(5-6-13)10-3-4-11(14)12(15)7-10/h3-4,7,9H,5-6,8H2,1-2H3. The lowest BCUT2D eigenvalue weighted by Crippen LogP contribution is -2.09. The molecule has 1 fully saturated rings. The summed E-state index contributed by atoms with van der Waals surface area (Å²) in [4.78, 5) is 0. The lowest BCUT2D eigenvalue weighted by atomic mass is 9.87. The van der Waals surface area contributed by atoms with Crippen LogP contribution in [0.5, 0.6) is 0 Å². The summed E-state index contributed by atoms with van der Waals surface area (Å²) in [6.45, 7) is 4.55. The Kier molecular flexibility index (Phi) is 3.00. The van der Waals surface area contributed by atoms with Gasteiger partial charge < -0.3 is 0 Å². The van der Waals surface area contributed by atoms with Crippen LogP contribution in [0.1, 0.15) is 38.7 Å². The van der Waals surface area contributed by atoms with Crippen molar-refractivity contribution in [3.05, 3.63) is 33.8 Å². The molecule has 1 aliphatic carbocycles. The van der Waals surface area contributed by atoms with Crippen LogP contribution < -0.4 is 0 Å². The Hall–Kier alpha value is -0.200. The number of hydrogen-bond donors (Lipinski definition) is 0. The van der Waals surface area contributed by atoms with Crippen molar-refractivity contribution in [1.82, 2.24) is 0 Å². The lowest BCUT2D eigenvalue weighted by molar-refractivity contribution is 0.487. The molecule has 0 heterocycles. The smallest absolute Gasteiger partial charge is 0.0595 e. The first-order valence-corrected chi connectivity index (χ1v) is 6.25. The van der Waals surface area contributed by atoms with Crippen molar-refractivity contribution in [2.45, 2.75) is 38.5 Å². The van der Waals surface area contributed by atoms with E-state index in [4.69, 9.17) is 23.2 Å². The second kappa shape index (κ2) is 3.99. The predicted octanol–water partition coefficient (Wildman–Crippen LogP) is 5.07. The van der Waals surface area contributed by atoms with Gasteiger partial charge >= 0.3 is 0 Å². The third-order valence-electron chi connectivity index (χ3n) is 3.18. The molecule has 1 saturated carbocycles. The molecule has 0 bridgehead atoms. The van der Waals surface area contributed by atoms with Gasteiger partial charge in [-0.05, 0) is 48.3 Å². The first-order chi connectivity index (χ1) is 7.03. The van der Waals surface area contributed by atoms with Crippen molar-refractivity contribution in [3.63, 3.8) is 0 Å². The monoisotopic (exact) mass is 242 g/mol. The molecule has 0 radical (unpaired) electrons. The summed E-state index contributed by atoms with van der Waals surface area (Å²) >= 11 is 12.0. The van der Waals surface area contributed by atoms with E-state index in [1.54, 1.807) is 0 Å². The molecule has 82 valence electrons. The van der Waals surface area contributed by atoms with Crippen LogP contribution in [-0.2, 0) is 5.41 Å². The zero-order valence-electron chi connectivity index (χ0n) is 9.19. The second-order valence-corrected chi connectivity index (χ2v) is 5.82. The van der Waals surface area contributed by atoms with Gasteiger partial charge in [0.1, 0.15) is 0 Å². The third kappa shape index (κ3) is 2.32. The first kappa shape index (κ1) is 11.3. The molecule has 0 aliphatic heterocycles. The van der Waals surface area contributed by atoms with E-state index in [0.29, 0.717) is 15.5 Å². The zero-order valence-corrected chi connectivity index (χ0v) is 10.7. The van der Waals surface area contributed by atoms with Gasteiger partial charge in [-0.3, -0.25) is 0 Å².